The number of aliphatic hydroxyl groups is 3. The van der Waals surface area contributed by atoms with Crippen molar-refractivity contribution in [3.05, 3.63) is 0 Å². The minimum absolute atomic E-state index is 0.0554. The number of hydrogen-bond donors (Lipinski definition) is 3. The molecule has 1 aliphatic heterocycles. The smallest absolute Gasteiger partial charge is 0.333 e. The van der Waals surface area contributed by atoms with Gasteiger partial charge in [0, 0.05) is 30.1 Å². The number of nitrogens with zero attached hydrogens (tertiary/aromatic N) is 1. The molecule has 0 aromatic heterocycles. The SMILES string of the molecule is C[C@H](CCC(=O)ON1C(=O)CCC1=O)C1CCC23C4C(O)CC5C[C@H](O)CCC5(C)C4CC2(O)C13C. The molecular weight excluding hydrogens is 462 g/mol. The molecule has 200 valence electrons. The molecule has 0 aromatic rings. The number of carbonyl (C=O) groups is 3. The summed E-state index contributed by atoms with van der Waals surface area (Å²) in [5.74, 6) is -0.454. The number of fused-ring (bicyclic) bond motifs is 4. The van der Waals surface area contributed by atoms with Crippen LogP contribution < -0.4 is 0 Å². The van der Waals surface area contributed by atoms with E-state index in [1.54, 1.807) is 0 Å². The van der Waals surface area contributed by atoms with Gasteiger partial charge in [-0.15, -0.1) is 5.06 Å². The van der Waals surface area contributed by atoms with Gasteiger partial charge < -0.3 is 20.2 Å². The van der Waals surface area contributed by atoms with Gasteiger partial charge in [-0.05, 0) is 86.4 Å². The molecule has 9 unspecified atom stereocenters. The number of hydroxylamine groups is 2. The van der Waals surface area contributed by atoms with Gasteiger partial charge in [-0.25, -0.2) is 4.79 Å². The van der Waals surface area contributed by atoms with E-state index in [9.17, 15) is 29.7 Å². The van der Waals surface area contributed by atoms with Crippen LogP contribution in [-0.4, -0.2) is 56.0 Å². The first kappa shape index (κ1) is 24.8. The van der Waals surface area contributed by atoms with E-state index in [2.05, 4.69) is 20.8 Å². The Hall–Kier alpha value is -1.51. The molecule has 0 radical (unpaired) electrons. The maximum absolute atomic E-state index is 12.4. The molecule has 8 heteroatoms. The van der Waals surface area contributed by atoms with Crippen LogP contribution in [0.25, 0.3) is 0 Å². The lowest BCUT2D eigenvalue weighted by Gasteiger charge is -2.56. The minimum atomic E-state index is -0.795. The molecule has 0 aromatic carbocycles. The summed E-state index contributed by atoms with van der Waals surface area (Å²) in [6.45, 7) is 6.68. The van der Waals surface area contributed by atoms with Gasteiger partial charge in [0.2, 0.25) is 0 Å². The Morgan fingerprint density at radius 2 is 1.81 bits per heavy atom. The fourth-order valence-electron chi connectivity index (χ4n) is 10.8. The molecule has 36 heavy (non-hydrogen) atoms. The van der Waals surface area contributed by atoms with E-state index in [0.717, 1.165) is 38.5 Å². The number of carbonyl (C=O) groups excluding carboxylic acids is 3. The molecule has 11 atom stereocenters. The Labute approximate surface area is 212 Å². The topological polar surface area (TPSA) is 124 Å². The van der Waals surface area contributed by atoms with Crippen molar-refractivity contribution >= 4 is 17.8 Å². The van der Waals surface area contributed by atoms with Crippen molar-refractivity contribution in [1.29, 1.82) is 0 Å². The monoisotopic (exact) mass is 503 g/mol. The Balaban J connectivity index is 1.16. The van der Waals surface area contributed by atoms with Crippen LogP contribution in [0.2, 0.25) is 0 Å². The maximum atomic E-state index is 12.4. The third kappa shape index (κ3) is 2.84. The van der Waals surface area contributed by atoms with Gasteiger partial charge in [0.15, 0.2) is 0 Å². The van der Waals surface area contributed by atoms with E-state index in [1.807, 2.05) is 0 Å². The fraction of sp³-hybridized carbons (Fsp3) is 0.893. The number of amides is 2. The predicted octanol–water partition coefficient (Wildman–Crippen LogP) is 2.73. The van der Waals surface area contributed by atoms with E-state index in [-0.39, 0.29) is 65.3 Å². The summed E-state index contributed by atoms with van der Waals surface area (Å²) >= 11 is 0. The highest BCUT2D eigenvalue weighted by Gasteiger charge is 2.95. The lowest BCUT2D eigenvalue weighted by atomic mass is 9.49. The number of imide groups is 1. The zero-order valence-electron chi connectivity index (χ0n) is 21.7. The molecule has 5 saturated carbocycles. The van der Waals surface area contributed by atoms with E-state index in [1.165, 1.54) is 0 Å². The summed E-state index contributed by atoms with van der Waals surface area (Å²) in [7, 11) is 0. The molecule has 2 amide bonds. The third-order valence-electron chi connectivity index (χ3n) is 12.6. The second kappa shape index (κ2) is 7.76. The first-order valence-corrected chi connectivity index (χ1v) is 14.1. The lowest BCUT2D eigenvalue weighted by molar-refractivity contribution is -0.197. The zero-order valence-corrected chi connectivity index (χ0v) is 21.7. The second-order valence-corrected chi connectivity index (χ2v) is 13.5. The summed E-state index contributed by atoms with van der Waals surface area (Å²) < 4.78 is 0. The highest BCUT2D eigenvalue weighted by Crippen LogP contribution is 2.92. The molecule has 6 rings (SSSR count). The first-order valence-electron chi connectivity index (χ1n) is 14.1. The first-order chi connectivity index (χ1) is 16.9. The highest BCUT2D eigenvalue weighted by atomic mass is 16.7. The molecule has 1 spiro atoms. The Kier molecular flexibility index (Phi) is 5.35. The molecule has 1 saturated heterocycles. The molecule has 6 fully saturated rings. The van der Waals surface area contributed by atoms with Crippen molar-refractivity contribution in [2.75, 3.05) is 0 Å². The quantitative estimate of drug-likeness (QED) is 0.493. The Morgan fingerprint density at radius 1 is 1.11 bits per heavy atom. The van der Waals surface area contributed by atoms with Crippen molar-refractivity contribution in [2.45, 2.75) is 109 Å². The normalized spacial score (nSPS) is 51.9. The molecule has 5 aliphatic carbocycles. The van der Waals surface area contributed by atoms with Crippen molar-refractivity contribution in [3.8, 4) is 0 Å². The largest absolute Gasteiger partial charge is 0.393 e. The number of aliphatic hydroxyl groups excluding tert-OH is 2. The minimum Gasteiger partial charge on any atom is -0.393 e. The molecular formula is C28H41NO7. The maximum Gasteiger partial charge on any atom is 0.333 e. The molecule has 1 heterocycles. The van der Waals surface area contributed by atoms with Crippen molar-refractivity contribution < 1.29 is 34.5 Å². The van der Waals surface area contributed by atoms with Gasteiger partial charge in [0.1, 0.15) is 0 Å². The highest BCUT2D eigenvalue weighted by molar-refractivity contribution is 6.01. The fourth-order valence-corrected chi connectivity index (χ4v) is 10.8. The molecule has 8 nitrogen and oxygen atoms in total. The van der Waals surface area contributed by atoms with Crippen LogP contribution in [0, 0.1) is 45.8 Å². The van der Waals surface area contributed by atoms with E-state index in [4.69, 9.17) is 4.84 Å². The average molecular weight is 504 g/mol. The van der Waals surface area contributed by atoms with Gasteiger partial charge in [-0.1, -0.05) is 20.8 Å². The van der Waals surface area contributed by atoms with Crippen LogP contribution in [0.3, 0.4) is 0 Å². The molecule has 6 aliphatic rings. The Morgan fingerprint density at radius 3 is 2.50 bits per heavy atom. The number of rotatable bonds is 5. The predicted molar refractivity (Wildman–Crippen MR) is 127 cm³/mol. The van der Waals surface area contributed by atoms with Gasteiger partial charge in [0.25, 0.3) is 11.8 Å². The van der Waals surface area contributed by atoms with Crippen LogP contribution in [0.4, 0.5) is 0 Å². The summed E-state index contributed by atoms with van der Waals surface area (Å²) in [5.41, 5.74) is -1.30. The Bertz CT molecular complexity index is 984. The summed E-state index contributed by atoms with van der Waals surface area (Å²) in [6, 6.07) is 0. The number of hydrogen-bond acceptors (Lipinski definition) is 7. The van der Waals surface area contributed by atoms with Gasteiger partial charge in [-0.2, -0.15) is 0 Å². The van der Waals surface area contributed by atoms with Crippen molar-refractivity contribution in [1.82, 2.24) is 5.06 Å². The van der Waals surface area contributed by atoms with Crippen LogP contribution in [0.1, 0.15) is 91.4 Å². The summed E-state index contributed by atoms with van der Waals surface area (Å²) in [4.78, 5) is 40.9. The zero-order chi connectivity index (χ0) is 25.8. The van der Waals surface area contributed by atoms with Crippen LogP contribution in [0.5, 0.6) is 0 Å². The van der Waals surface area contributed by atoms with Crippen molar-refractivity contribution in [3.63, 3.8) is 0 Å². The average Bonchev–Trinajstić information content (AvgIpc) is 3.22. The van der Waals surface area contributed by atoms with E-state index < -0.39 is 29.5 Å². The van der Waals surface area contributed by atoms with Crippen molar-refractivity contribution in [2.24, 2.45) is 45.8 Å². The lowest BCUT2D eigenvalue weighted by Crippen LogP contribution is -2.54. The third-order valence-corrected chi connectivity index (χ3v) is 12.6. The van der Waals surface area contributed by atoms with Crippen LogP contribution in [0.15, 0.2) is 0 Å². The summed E-state index contributed by atoms with van der Waals surface area (Å²) in [5, 5.41) is 34.6. The van der Waals surface area contributed by atoms with E-state index >= 15 is 0 Å². The van der Waals surface area contributed by atoms with E-state index in [0.29, 0.717) is 23.8 Å². The van der Waals surface area contributed by atoms with Gasteiger partial charge in [0.05, 0.1) is 17.8 Å². The van der Waals surface area contributed by atoms with Gasteiger partial charge >= 0.3 is 5.97 Å². The molecule has 0 bridgehead atoms. The summed E-state index contributed by atoms with van der Waals surface area (Å²) in [6.07, 6.45) is 5.93. The van der Waals surface area contributed by atoms with Gasteiger partial charge in [-0.3, -0.25) is 9.59 Å². The standard InChI is InChI=1S/C28H41NO7/c1-15(4-7-23(34)36-29-21(32)5-6-22(29)33)18-9-11-27-24-19(14-28(27,35)26(18,27)3)25(2)10-8-17(30)12-16(25)13-20(24)31/h15-20,24,30-31,35H,4-14H2,1-3H3/t15-,16?,17-,18?,19?,20?,24?,25?,26?,27?,28?/m1/s1. The van der Waals surface area contributed by atoms with Crippen LogP contribution in [-0.2, 0) is 19.2 Å². The molecule has 3 N–H and O–H groups in total. The van der Waals surface area contributed by atoms with Crippen LogP contribution >= 0.6 is 0 Å². The second-order valence-electron chi connectivity index (χ2n) is 13.5.